The summed E-state index contributed by atoms with van der Waals surface area (Å²) in [5.74, 6) is -0.819. The molecule has 1 aromatic rings. The standard InChI is InChI=1S/C11H13NO4S/c1-7-5-9(12(15)16)3-4-10(7)17-6-8(2)11(13)14/h3-5,8H,6H2,1-2H3,(H,13,14). The second-order valence-electron chi connectivity index (χ2n) is 3.76. The van der Waals surface area contributed by atoms with Gasteiger partial charge in [-0.15, -0.1) is 11.8 Å². The number of nitrogens with zero attached hydrogens (tertiary/aromatic N) is 1. The largest absolute Gasteiger partial charge is 0.481 e. The Bertz CT molecular complexity index is 447. The molecule has 92 valence electrons. The van der Waals surface area contributed by atoms with Gasteiger partial charge in [-0.25, -0.2) is 0 Å². The molecule has 0 aliphatic carbocycles. The third kappa shape index (κ3) is 3.74. The van der Waals surface area contributed by atoms with Crippen LogP contribution in [-0.4, -0.2) is 21.8 Å². The minimum absolute atomic E-state index is 0.0538. The molecule has 17 heavy (non-hydrogen) atoms. The van der Waals surface area contributed by atoms with Gasteiger partial charge < -0.3 is 5.11 Å². The number of thioether (sulfide) groups is 1. The van der Waals surface area contributed by atoms with Gasteiger partial charge in [0.25, 0.3) is 5.69 Å². The smallest absolute Gasteiger partial charge is 0.307 e. The van der Waals surface area contributed by atoms with Crippen LogP contribution in [0.4, 0.5) is 5.69 Å². The van der Waals surface area contributed by atoms with Crippen LogP contribution in [0.15, 0.2) is 23.1 Å². The highest BCUT2D eigenvalue weighted by Gasteiger charge is 2.13. The van der Waals surface area contributed by atoms with Gasteiger partial charge in [-0.2, -0.15) is 0 Å². The van der Waals surface area contributed by atoms with E-state index in [0.717, 1.165) is 10.5 Å². The van der Waals surface area contributed by atoms with E-state index in [2.05, 4.69) is 0 Å². The van der Waals surface area contributed by atoms with Crippen molar-refractivity contribution in [2.24, 2.45) is 5.92 Å². The van der Waals surface area contributed by atoms with Crippen molar-refractivity contribution in [2.45, 2.75) is 18.7 Å². The molecule has 0 bridgehead atoms. The Morgan fingerprint density at radius 3 is 2.71 bits per heavy atom. The van der Waals surface area contributed by atoms with E-state index in [-0.39, 0.29) is 5.69 Å². The zero-order chi connectivity index (χ0) is 13.0. The molecule has 0 aliphatic heterocycles. The Morgan fingerprint density at radius 2 is 2.24 bits per heavy atom. The Balaban J connectivity index is 2.73. The van der Waals surface area contributed by atoms with Gasteiger partial charge in [-0.1, -0.05) is 6.92 Å². The Hall–Kier alpha value is -1.56. The third-order valence-electron chi connectivity index (χ3n) is 2.28. The van der Waals surface area contributed by atoms with E-state index in [1.54, 1.807) is 19.9 Å². The number of nitro groups is 1. The molecule has 1 aromatic carbocycles. The Morgan fingerprint density at radius 1 is 1.59 bits per heavy atom. The van der Waals surface area contributed by atoms with E-state index in [9.17, 15) is 14.9 Å². The SMILES string of the molecule is Cc1cc([N+](=O)[O-])ccc1SCC(C)C(=O)O. The molecule has 1 N–H and O–H groups in total. The van der Waals surface area contributed by atoms with Crippen LogP contribution >= 0.6 is 11.8 Å². The van der Waals surface area contributed by atoms with Crippen molar-refractivity contribution >= 4 is 23.4 Å². The van der Waals surface area contributed by atoms with E-state index in [1.165, 1.54) is 23.9 Å². The summed E-state index contributed by atoms with van der Waals surface area (Å²) in [6.45, 7) is 3.41. The van der Waals surface area contributed by atoms with Gasteiger partial charge in [0.2, 0.25) is 0 Å². The summed E-state index contributed by atoms with van der Waals surface area (Å²) in [5.41, 5.74) is 0.847. The minimum Gasteiger partial charge on any atom is -0.481 e. The summed E-state index contributed by atoms with van der Waals surface area (Å²) < 4.78 is 0. The van der Waals surface area contributed by atoms with Crippen LogP contribution in [0.3, 0.4) is 0 Å². The van der Waals surface area contributed by atoms with Crippen molar-refractivity contribution in [3.05, 3.63) is 33.9 Å². The average molecular weight is 255 g/mol. The zero-order valence-electron chi connectivity index (χ0n) is 9.54. The molecule has 0 heterocycles. The van der Waals surface area contributed by atoms with Gasteiger partial charge in [0.05, 0.1) is 10.8 Å². The summed E-state index contributed by atoms with van der Waals surface area (Å²) >= 11 is 1.40. The summed E-state index contributed by atoms with van der Waals surface area (Å²) in [7, 11) is 0. The highest BCUT2D eigenvalue weighted by atomic mass is 32.2. The molecule has 0 saturated heterocycles. The molecule has 0 saturated carbocycles. The molecule has 6 heteroatoms. The predicted molar refractivity (Wildman–Crippen MR) is 65.4 cm³/mol. The van der Waals surface area contributed by atoms with Crippen molar-refractivity contribution < 1.29 is 14.8 Å². The van der Waals surface area contributed by atoms with Crippen LogP contribution in [0.1, 0.15) is 12.5 Å². The summed E-state index contributed by atoms with van der Waals surface area (Å²) in [6.07, 6.45) is 0. The number of rotatable bonds is 5. The van der Waals surface area contributed by atoms with Crippen molar-refractivity contribution in [3.8, 4) is 0 Å². The molecule has 5 nitrogen and oxygen atoms in total. The lowest BCUT2D eigenvalue weighted by molar-refractivity contribution is -0.385. The minimum atomic E-state index is -0.836. The predicted octanol–water partition coefficient (Wildman–Crippen LogP) is 2.72. The first kappa shape index (κ1) is 13.5. The summed E-state index contributed by atoms with van der Waals surface area (Å²) in [6, 6.07) is 4.58. The second kappa shape index (κ2) is 5.67. The van der Waals surface area contributed by atoms with Gasteiger partial charge in [-0.05, 0) is 18.6 Å². The number of aryl methyl sites for hydroxylation is 1. The fourth-order valence-electron chi connectivity index (χ4n) is 1.20. The first-order valence-electron chi connectivity index (χ1n) is 5.02. The van der Waals surface area contributed by atoms with E-state index >= 15 is 0 Å². The number of aliphatic carboxylic acids is 1. The maximum Gasteiger partial charge on any atom is 0.307 e. The second-order valence-corrected chi connectivity index (χ2v) is 4.82. The van der Waals surface area contributed by atoms with E-state index < -0.39 is 16.8 Å². The molecule has 1 unspecified atom stereocenters. The number of hydrogen-bond acceptors (Lipinski definition) is 4. The number of carboxylic acids is 1. The van der Waals surface area contributed by atoms with E-state index in [0.29, 0.717) is 5.75 Å². The van der Waals surface area contributed by atoms with Crippen LogP contribution < -0.4 is 0 Å². The van der Waals surface area contributed by atoms with Gasteiger partial charge in [-0.3, -0.25) is 14.9 Å². The van der Waals surface area contributed by atoms with E-state index in [1.807, 2.05) is 0 Å². The normalized spacial score (nSPS) is 12.1. The molecule has 0 aliphatic rings. The highest BCUT2D eigenvalue weighted by Crippen LogP contribution is 2.27. The fraction of sp³-hybridized carbons (Fsp3) is 0.364. The lowest BCUT2D eigenvalue weighted by Crippen LogP contribution is -2.11. The topological polar surface area (TPSA) is 80.4 Å². The molecule has 0 radical (unpaired) electrons. The van der Waals surface area contributed by atoms with E-state index in [4.69, 9.17) is 5.11 Å². The first-order chi connectivity index (χ1) is 7.91. The maximum absolute atomic E-state index is 10.6. The Labute approximate surface area is 103 Å². The molecule has 0 spiro atoms. The lowest BCUT2D eigenvalue weighted by atomic mass is 10.2. The van der Waals surface area contributed by atoms with Crippen molar-refractivity contribution in [3.63, 3.8) is 0 Å². The summed E-state index contributed by atoms with van der Waals surface area (Å²) in [5, 5.41) is 19.3. The van der Waals surface area contributed by atoms with Crippen LogP contribution in [0, 0.1) is 23.0 Å². The zero-order valence-corrected chi connectivity index (χ0v) is 10.4. The molecular weight excluding hydrogens is 242 g/mol. The van der Waals surface area contributed by atoms with Gasteiger partial charge in [0.1, 0.15) is 0 Å². The maximum atomic E-state index is 10.6. The third-order valence-corrected chi connectivity index (χ3v) is 3.72. The van der Waals surface area contributed by atoms with Gasteiger partial charge >= 0.3 is 5.97 Å². The quantitative estimate of drug-likeness (QED) is 0.497. The molecular formula is C11H13NO4S. The monoisotopic (exact) mass is 255 g/mol. The van der Waals surface area contributed by atoms with Crippen molar-refractivity contribution in [1.29, 1.82) is 0 Å². The van der Waals surface area contributed by atoms with Crippen molar-refractivity contribution in [2.75, 3.05) is 5.75 Å². The number of carboxylic acid groups (broad SMARTS) is 1. The Kier molecular flexibility index (Phi) is 4.51. The molecule has 0 aromatic heterocycles. The highest BCUT2D eigenvalue weighted by molar-refractivity contribution is 7.99. The average Bonchev–Trinajstić information content (AvgIpc) is 2.26. The number of nitro benzene ring substituents is 1. The van der Waals surface area contributed by atoms with Gasteiger partial charge in [0, 0.05) is 22.8 Å². The number of carbonyl (C=O) groups is 1. The summed E-state index contributed by atoms with van der Waals surface area (Å²) in [4.78, 5) is 21.6. The molecule has 0 amide bonds. The van der Waals surface area contributed by atoms with Crippen molar-refractivity contribution in [1.82, 2.24) is 0 Å². The van der Waals surface area contributed by atoms with Crippen LogP contribution in [0.5, 0.6) is 0 Å². The van der Waals surface area contributed by atoms with Gasteiger partial charge in [0.15, 0.2) is 0 Å². The molecule has 1 atom stereocenters. The fourth-order valence-corrected chi connectivity index (χ4v) is 2.22. The van der Waals surface area contributed by atoms with Crippen LogP contribution in [0.25, 0.3) is 0 Å². The number of benzene rings is 1. The molecule has 0 fully saturated rings. The first-order valence-corrected chi connectivity index (χ1v) is 6.01. The van der Waals surface area contributed by atoms with Crippen LogP contribution in [0.2, 0.25) is 0 Å². The molecule has 1 rings (SSSR count). The number of hydrogen-bond donors (Lipinski definition) is 1. The van der Waals surface area contributed by atoms with Crippen LogP contribution in [-0.2, 0) is 4.79 Å². The number of non-ortho nitro benzene ring substituents is 1. The lowest BCUT2D eigenvalue weighted by Gasteiger charge is -2.07.